The van der Waals surface area contributed by atoms with Crippen molar-refractivity contribution in [3.8, 4) is 0 Å². The summed E-state index contributed by atoms with van der Waals surface area (Å²) in [6.07, 6.45) is 2.80. The number of benzene rings is 1. The van der Waals surface area contributed by atoms with E-state index in [1.54, 1.807) is 4.90 Å². The average molecular weight is 331 g/mol. The summed E-state index contributed by atoms with van der Waals surface area (Å²) in [5.41, 5.74) is -0.0339. The van der Waals surface area contributed by atoms with Gasteiger partial charge in [-0.25, -0.2) is 9.59 Å². The highest BCUT2D eigenvalue weighted by atomic mass is 35.5. The van der Waals surface area contributed by atoms with E-state index in [2.05, 4.69) is 5.32 Å². The minimum atomic E-state index is -1.19. The summed E-state index contributed by atoms with van der Waals surface area (Å²) in [5.74, 6) is -1.19. The lowest BCUT2D eigenvalue weighted by Crippen LogP contribution is -2.37. The highest BCUT2D eigenvalue weighted by molar-refractivity contribution is 6.37. The molecule has 5 nitrogen and oxygen atoms in total. The van der Waals surface area contributed by atoms with E-state index in [-0.39, 0.29) is 33.4 Å². The van der Waals surface area contributed by atoms with E-state index in [0.29, 0.717) is 6.54 Å². The quantitative estimate of drug-likeness (QED) is 0.853. The molecule has 0 spiro atoms. The average Bonchev–Trinajstić information content (AvgIpc) is 3.22. The van der Waals surface area contributed by atoms with Crippen molar-refractivity contribution in [2.24, 2.45) is 0 Å². The number of rotatable bonds is 5. The van der Waals surface area contributed by atoms with E-state index in [4.69, 9.17) is 23.2 Å². The van der Waals surface area contributed by atoms with E-state index in [1.165, 1.54) is 12.1 Å². The Balaban J connectivity index is 2.25. The summed E-state index contributed by atoms with van der Waals surface area (Å²) < 4.78 is 0. The van der Waals surface area contributed by atoms with Crippen LogP contribution in [0.4, 0.5) is 10.5 Å². The first-order valence-electron chi connectivity index (χ1n) is 6.74. The number of hydrogen-bond acceptors (Lipinski definition) is 2. The topological polar surface area (TPSA) is 69.6 Å². The van der Waals surface area contributed by atoms with Gasteiger partial charge in [0.25, 0.3) is 0 Å². The van der Waals surface area contributed by atoms with E-state index in [0.717, 1.165) is 19.3 Å². The predicted octanol–water partition coefficient (Wildman–Crippen LogP) is 4.10. The maximum atomic E-state index is 12.3. The predicted molar refractivity (Wildman–Crippen MR) is 82.5 cm³/mol. The zero-order valence-corrected chi connectivity index (χ0v) is 13.0. The van der Waals surface area contributed by atoms with Crippen molar-refractivity contribution in [3.63, 3.8) is 0 Å². The molecule has 2 amide bonds. The minimum absolute atomic E-state index is 0.0836. The molecule has 1 saturated carbocycles. The van der Waals surface area contributed by atoms with Gasteiger partial charge in [-0.3, -0.25) is 0 Å². The molecule has 1 aromatic carbocycles. The van der Waals surface area contributed by atoms with E-state index in [1.807, 2.05) is 6.92 Å². The summed E-state index contributed by atoms with van der Waals surface area (Å²) in [6.45, 7) is 2.62. The summed E-state index contributed by atoms with van der Waals surface area (Å²) >= 11 is 11.8. The number of aromatic carboxylic acids is 1. The summed E-state index contributed by atoms with van der Waals surface area (Å²) in [4.78, 5) is 25.3. The van der Waals surface area contributed by atoms with E-state index < -0.39 is 5.97 Å². The van der Waals surface area contributed by atoms with Crippen LogP contribution in [0, 0.1) is 0 Å². The molecule has 2 N–H and O–H groups in total. The standard InChI is InChI=1S/C14H16Cl2N2O3/c1-2-5-18(9-3-4-9)14(21)17-12-10(13(19)20)6-8(15)7-11(12)16/h6-7,9H,2-5H2,1H3,(H,17,21)(H,19,20). The van der Waals surface area contributed by atoms with Crippen molar-refractivity contribution >= 4 is 40.9 Å². The van der Waals surface area contributed by atoms with Crippen molar-refractivity contribution in [2.45, 2.75) is 32.2 Å². The van der Waals surface area contributed by atoms with Crippen LogP contribution in [0.3, 0.4) is 0 Å². The Morgan fingerprint density at radius 1 is 1.38 bits per heavy atom. The SMILES string of the molecule is CCCN(C(=O)Nc1c(Cl)cc(Cl)cc1C(=O)O)C1CC1. The van der Waals surface area contributed by atoms with Crippen LogP contribution in [0.25, 0.3) is 0 Å². The van der Waals surface area contributed by atoms with E-state index in [9.17, 15) is 14.7 Å². The molecular formula is C14H16Cl2N2O3. The molecule has 2 rings (SSSR count). The Bertz CT molecular complexity index is 574. The fourth-order valence-electron chi connectivity index (χ4n) is 2.13. The molecule has 0 bridgehead atoms. The molecule has 1 aliphatic rings. The fourth-order valence-corrected chi connectivity index (χ4v) is 2.67. The number of nitrogens with zero attached hydrogens (tertiary/aromatic N) is 1. The van der Waals surface area contributed by atoms with Crippen LogP contribution in [0.2, 0.25) is 10.0 Å². The van der Waals surface area contributed by atoms with Gasteiger partial charge in [0.1, 0.15) is 0 Å². The number of carbonyl (C=O) groups excluding carboxylic acids is 1. The lowest BCUT2D eigenvalue weighted by atomic mass is 10.2. The molecule has 0 atom stereocenters. The van der Waals surface area contributed by atoms with Gasteiger partial charge in [-0.1, -0.05) is 30.1 Å². The fraction of sp³-hybridized carbons (Fsp3) is 0.429. The maximum absolute atomic E-state index is 12.3. The van der Waals surface area contributed by atoms with Gasteiger partial charge in [-0.05, 0) is 31.4 Å². The number of amides is 2. The van der Waals surface area contributed by atoms with Gasteiger partial charge in [0.2, 0.25) is 0 Å². The zero-order chi connectivity index (χ0) is 15.6. The lowest BCUT2D eigenvalue weighted by Gasteiger charge is -2.23. The number of halogens is 2. The minimum Gasteiger partial charge on any atom is -0.478 e. The van der Waals surface area contributed by atoms with Crippen molar-refractivity contribution in [2.75, 3.05) is 11.9 Å². The van der Waals surface area contributed by atoms with Gasteiger partial charge in [-0.15, -0.1) is 0 Å². The molecule has 21 heavy (non-hydrogen) atoms. The normalized spacial score (nSPS) is 13.9. The molecule has 1 aliphatic carbocycles. The van der Waals surface area contributed by atoms with Crippen LogP contribution in [0.5, 0.6) is 0 Å². The molecule has 0 saturated heterocycles. The van der Waals surface area contributed by atoms with Crippen LogP contribution in [0.1, 0.15) is 36.5 Å². The summed E-state index contributed by atoms with van der Waals surface area (Å²) in [7, 11) is 0. The van der Waals surface area contributed by atoms with Gasteiger partial charge in [0.05, 0.1) is 16.3 Å². The molecular weight excluding hydrogens is 315 g/mol. The smallest absolute Gasteiger partial charge is 0.337 e. The van der Waals surface area contributed by atoms with Gasteiger partial charge in [0.15, 0.2) is 0 Å². The summed E-state index contributed by atoms with van der Waals surface area (Å²) in [6, 6.07) is 2.59. The van der Waals surface area contributed by atoms with Crippen LogP contribution >= 0.6 is 23.2 Å². The Kier molecular flexibility index (Phi) is 4.96. The third kappa shape index (κ3) is 3.80. The number of anilines is 1. The Labute approximate surface area is 132 Å². The number of nitrogens with one attached hydrogen (secondary N) is 1. The third-order valence-corrected chi connectivity index (χ3v) is 3.75. The van der Waals surface area contributed by atoms with Crippen molar-refractivity contribution in [1.82, 2.24) is 4.90 Å². The van der Waals surface area contributed by atoms with Crippen LogP contribution in [-0.4, -0.2) is 34.6 Å². The molecule has 0 radical (unpaired) electrons. The highest BCUT2D eigenvalue weighted by Gasteiger charge is 2.32. The second-order valence-electron chi connectivity index (χ2n) is 4.97. The molecule has 0 aromatic heterocycles. The van der Waals surface area contributed by atoms with E-state index >= 15 is 0 Å². The Morgan fingerprint density at radius 2 is 2.05 bits per heavy atom. The molecule has 0 unspecified atom stereocenters. The first-order valence-corrected chi connectivity index (χ1v) is 7.49. The Morgan fingerprint density at radius 3 is 2.57 bits per heavy atom. The Hall–Kier alpha value is -1.46. The largest absolute Gasteiger partial charge is 0.478 e. The van der Waals surface area contributed by atoms with Crippen molar-refractivity contribution in [1.29, 1.82) is 0 Å². The first kappa shape index (κ1) is 15.9. The molecule has 1 aromatic rings. The number of urea groups is 1. The molecule has 7 heteroatoms. The molecule has 1 fully saturated rings. The first-order chi connectivity index (χ1) is 9.93. The van der Waals surface area contributed by atoms with Crippen LogP contribution in [-0.2, 0) is 0 Å². The number of carboxylic acids is 1. The molecule has 0 aliphatic heterocycles. The zero-order valence-electron chi connectivity index (χ0n) is 11.5. The number of carboxylic acid groups (broad SMARTS) is 1. The summed E-state index contributed by atoms with van der Waals surface area (Å²) in [5, 5.41) is 12.1. The number of hydrogen-bond donors (Lipinski definition) is 2. The lowest BCUT2D eigenvalue weighted by molar-refractivity contribution is 0.0698. The van der Waals surface area contributed by atoms with Crippen LogP contribution in [0.15, 0.2) is 12.1 Å². The number of carbonyl (C=O) groups is 2. The van der Waals surface area contributed by atoms with Crippen LogP contribution < -0.4 is 5.32 Å². The van der Waals surface area contributed by atoms with Crippen molar-refractivity contribution < 1.29 is 14.7 Å². The second kappa shape index (κ2) is 6.54. The molecule has 114 valence electrons. The monoisotopic (exact) mass is 330 g/mol. The molecule has 0 heterocycles. The van der Waals surface area contributed by atoms with Gasteiger partial charge < -0.3 is 15.3 Å². The highest BCUT2D eigenvalue weighted by Crippen LogP contribution is 2.32. The second-order valence-corrected chi connectivity index (χ2v) is 5.81. The van der Waals surface area contributed by atoms with Gasteiger partial charge in [-0.2, -0.15) is 0 Å². The third-order valence-electron chi connectivity index (χ3n) is 3.23. The van der Waals surface area contributed by atoms with Gasteiger partial charge >= 0.3 is 12.0 Å². The maximum Gasteiger partial charge on any atom is 0.337 e. The van der Waals surface area contributed by atoms with Crippen molar-refractivity contribution in [3.05, 3.63) is 27.7 Å². The van der Waals surface area contributed by atoms with Gasteiger partial charge in [0, 0.05) is 17.6 Å².